The minimum absolute atomic E-state index is 0.0265. The summed E-state index contributed by atoms with van der Waals surface area (Å²) in [5, 5.41) is 33.5. The van der Waals surface area contributed by atoms with Gasteiger partial charge in [-0.15, -0.1) is 0 Å². The zero-order chi connectivity index (χ0) is 20.9. The fourth-order valence-electron chi connectivity index (χ4n) is 4.59. The number of pyridine rings is 1. The molecule has 0 aliphatic carbocycles. The molecule has 0 unspecified atom stereocenters. The van der Waals surface area contributed by atoms with Gasteiger partial charge < -0.3 is 20.6 Å². The molecule has 9 nitrogen and oxygen atoms in total. The Hall–Kier alpha value is -3.11. The number of H-pyrrole nitrogens is 1. The van der Waals surface area contributed by atoms with Crippen LogP contribution in [-0.4, -0.2) is 48.5 Å². The summed E-state index contributed by atoms with van der Waals surface area (Å²) in [4.78, 5) is 4.57. The van der Waals surface area contributed by atoms with Crippen LogP contribution in [0.3, 0.4) is 0 Å². The summed E-state index contributed by atoms with van der Waals surface area (Å²) >= 11 is 0. The Bertz CT molecular complexity index is 1060. The van der Waals surface area contributed by atoms with Gasteiger partial charge in [0.1, 0.15) is 17.3 Å². The molecule has 3 aromatic rings. The normalized spacial score (nSPS) is 25.4. The van der Waals surface area contributed by atoms with Crippen LogP contribution in [0.15, 0.2) is 24.5 Å². The van der Waals surface area contributed by atoms with Crippen molar-refractivity contribution in [1.82, 2.24) is 25.0 Å². The highest BCUT2D eigenvalue weighted by Gasteiger charge is 2.46. The van der Waals surface area contributed by atoms with Crippen LogP contribution in [0.1, 0.15) is 36.8 Å². The van der Waals surface area contributed by atoms with Crippen LogP contribution >= 0.6 is 0 Å². The maximum absolute atomic E-state index is 14.5. The number of rotatable bonds is 5. The van der Waals surface area contributed by atoms with Crippen LogP contribution in [0.2, 0.25) is 0 Å². The van der Waals surface area contributed by atoms with E-state index in [0.717, 1.165) is 19.0 Å². The lowest BCUT2D eigenvalue weighted by atomic mass is 9.81. The summed E-state index contributed by atoms with van der Waals surface area (Å²) in [6.45, 7) is 0. The van der Waals surface area contributed by atoms with E-state index in [2.05, 4.69) is 25.6 Å². The van der Waals surface area contributed by atoms with Gasteiger partial charge in [0, 0.05) is 37.7 Å². The highest BCUT2D eigenvalue weighted by atomic mass is 19.1. The van der Waals surface area contributed by atoms with Gasteiger partial charge in [0.2, 0.25) is 0 Å². The summed E-state index contributed by atoms with van der Waals surface area (Å²) in [7, 11) is 1.63. The van der Waals surface area contributed by atoms with Gasteiger partial charge in [-0.2, -0.15) is 10.2 Å². The predicted octanol–water partition coefficient (Wildman–Crippen LogP) is 2.61. The second-order valence-electron chi connectivity index (χ2n) is 7.92. The number of aryl methyl sites for hydroxylation is 1. The van der Waals surface area contributed by atoms with E-state index in [1.807, 2.05) is 0 Å². The average molecular weight is 411 g/mol. The summed E-state index contributed by atoms with van der Waals surface area (Å²) in [5.74, 6) is 0.387. The van der Waals surface area contributed by atoms with Gasteiger partial charge in [-0.25, -0.2) is 9.37 Å². The summed E-state index contributed by atoms with van der Waals surface area (Å²) in [6, 6.07) is 3.39. The Kier molecular flexibility index (Phi) is 4.40. The third-order valence-electron chi connectivity index (χ3n) is 5.92. The fraction of sp³-hybridized carbons (Fsp3) is 0.400. The minimum atomic E-state index is -1.20. The van der Waals surface area contributed by atoms with E-state index in [9.17, 15) is 9.50 Å². The first-order chi connectivity index (χ1) is 14.5. The minimum Gasteiger partial charge on any atom is -0.385 e. The summed E-state index contributed by atoms with van der Waals surface area (Å²) in [6.07, 6.45) is 6.48. The number of nitrogens with zero attached hydrogens (tertiary/aromatic N) is 4. The van der Waals surface area contributed by atoms with E-state index in [1.165, 1.54) is 10.9 Å². The van der Waals surface area contributed by atoms with Crippen LogP contribution in [0, 0.1) is 11.2 Å². The molecule has 2 aliphatic rings. The second kappa shape index (κ2) is 6.99. The SMILES string of the molecule is Cn1ncc(F)c1-c1cc([C@]2(O)C[C@H]3CC[C@@H](C2)O3)c(C=N)c(Nc2ccn[nH]2)n1. The van der Waals surface area contributed by atoms with E-state index < -0.39 is 11.4 Å². The second-order valence-corrected chi connectivity index (χ2v) is 7.92. The number of aliphatic hydroxyl groups is 1. The third-order valence-corrected chi connectivity index (χ3v) is 5.92. The molecule has 2 aliphatic heterocycles. The van der Waals surface area contributed by atoms with E-state index in [4.69, 9.17) is 10.1 Å². The van der Waals surface area contributed by atoms with Gasteiger partial charge >= 0.3 is 0 Å². The number of aromatic nitrogens is 5. The highest BCUT2D eigenvalue weighted by molar-refractivity contribution is 5.89. The van der Waals surface area contributed by atoms with E-state index in [-0.39, 0.29) is 17.9 Å². The molecule has 156 valence electrons. The van der Waals surface area contributed by atoms with E-state index in [1.54, 1.807) is 25.4 Å². The van der Waals surface area contributed by atoms with Gasteiger partial charge in [-0.1, -0.05) is 0 Å². The molecule has 30 heavy (non-hydrogen) atoms. The van der Waals surface area contributed by atoms with Crippen LogP contribution in [0.25, 0.3) is 11.4 Å². The Morgan fingerprint density at radius 2 is 2.17 bits per heavy atom. The maximum atomic E-state index is 14.5. The maximum Gasteiger partial charge on any atom is 0.170 e. The molecule has 2 bridgehead atoms. The van der Waals surface area contributed by atoms with Crippen LogP contribution < -0.4 is 5.32 Å². The molecule has 5 rings (SSSR count). The molecule has 4 N–H and O–H groups in total. The topological polar surface area (TPSA) is 125 Å². The summed E-state index contributed by atoms with van der Waals surface area (Å²) in [5.41, 5.74) is 0.306. The number of fused-ring (bicyclic) bond motifs is 2. The molecular weight excluding hydrogens is 389 g/mol. The third kappa shape index (κ3) is 3.08. The van der Waals surface area contributed by atoms with Gasteiger partial charge in [0.25, 0.3) is 0 Å². The molecule has 0 saturated carbocycles. The highest BCUT2D eigenvalue weighted by Crippen LogP contribution is 2.46. The quantitative estimate of drug-likeness (QED) is 0.479. The first-order valence-electron chi connectivity index (χ1n) is 9.85. The lowest BCUT2D eigenvalue weighted by Crippen LogP contribution is -2.39. The van der Waals surface area contributed by atoms with Crippen molar-refractivity contribution >= 4 is 17.9 Å². The Morgan fingerprint density at radius 3 is 2.77 bits per heavy atom. The van der Waals surface area contributed by atoms with E-state index in [0.29, 0.717) is 41.3 Å². The van der Waals surface area contributed by atoms with Crippen molar-refractivity contribution < 1.29 is 14.2 Å². The molecule has 2 saturated heterocycles. The number of ether oxygens (including phenoxy) is 1. The molecule has 5 heterocycles. The first kappa shape index (κ1) is 18.9. The van der Waals surface area contributed by atoms with Gasteiger partial charge in [-0.05, 0) is 24.5 Å². The van der Waals surface area contributed by atoms with Crippen LogP contribution in [-0.2, 0) is 17.4 Å². The van der Waals surface area contributed by atoms with Crippen LogP contribution in [0.5, 0.6) is 0 Å². The monoisotopic (exact) mass is 411 g/mol. The predicted molar refractivity (Wildman–Crippen MR) is 107 cm³/mol. The number of halogens is 1. The Labute approximate surface area is 171 Å². The number of nitrogens with one attached hydrogen (secondary N) is 3. The molecule has 3 aromatic heterocycles. The molecule has 2 fully saturated rings. The fourth-order valence-corrected chi connectivity index (χ4v) is 4.59. The van der Waals surface area contributed by atoms with Gasteiger partial charge in [0.05, 0.1) is 35.9 Å². The average Bonchev–Trinajstić information content (AvgIpc) is 3.43. The largest absolute Gasteiger partial charge is 0.385 e. The molecule has 0 spiro atoms. The smallest absolute Gasteiger partial charge is 0.170 e. The lowest BCUT2D eigenvalue weighted by Gasteiger charge is -2.38. The summed E-state index contributed by atoms with van der Waals surface area (Å²) < 4.78 is 21.8. The van der Waals surface area contributed by atoms with Gasteiger partial charge in [-0.3, -0.25) is 9.78 Å². The van der Waals surface area contributed by atoms with Crippen molar-refractivity contribution in [3.8, 4) is 11.4 Å². The zero-order valence-electron chi connectivity index (χ0n) is 16.4. The van der Waals surface area contributed by atoms with Crippen molar-refractivity contribution in [2.45, 2.75) is 43.5 Å². The molecule has 0 radical (unpaired) electrons. The van der Waals surface area contributed by atoms with Crippen molar-refractivity contribution in [1.29, 1.82) is 5.41 Å². The van der Waals surface area contributed by atoms with Crippen molar-refractivity contribution in [2.24, 2.45) is 7.05 Å². The molecule has 0 amide bonds. The standard InChI is InChI=1S/C20H22FN7O2/c1-28-18(15(21)10-24-28)16-6-14(20(29)7-11-2-3-12(8-20)30-11)13(9-22)19(25-16)26-17-4-5-23-27-17/h4-6,9-12,22,29H,2-3,7-8H2,1H3,(H2,23,25,26,27)/t11-,12+,20+. The Balaban J connectivity index is 1.70. The van der Waals surface area contributed by atoms with Gasteiger partial charge in [0.15, 0.2) is 5.82 Å². The molecule has 0 aromatic carbocycles. The van der Waals surface area contributed by atoms with Crippen molar-refractivity contribution in [3.63, 3.8) is 0 Å². The van der Waals surface area contributed by atoms with E-state index >= 15 is 0 Å². The number of hydrogen-bond donors (Lipinski definition) is 4. The lowest BCUT2D eigenvalue weighted by molar-refractivity contribution is -0.115. The van der Waals surface area contributed by atoms with Crippen molar-refractivity contribution in [3.05, 3.63) is 41.5 Å². The Morgan fingerprint density at radius 1 is 1.40 bits per heavy atom. The first-order valence-corrected chi connectivity index (χ1v) is 9.85. The van der Waals surface area contributed by atoms with Crippen molar-refractivity contribution in [2.75, 3.05) is 5.32 Å². The number of anilines is 2. The number of aromatic amines is 1. The number of hydrogen-bond acceptors (Lipinski definition) is 7. The molecule has 3 atom stereocenters. The molecule has 10 heteroatoms. The van der Waals surface area contributed by atoms with Crippen LogP contribution in [0.4, 0.5) is 16.0 Å². The zero-order valence-corrected chi connectivity index (χ0v) is 16.4. The molecular formula is C20H22FN7O2.